The van der Waals surface area contributed by atoms with E-state index < -0.39 is 0 Å². The van der Waals surface area contributed by atoms with Gasteiger partial charge in [-0.25, -0.2) is 0 Å². The maximum atomic E-state index is 8.97. The summed E-state index contributed by atoms with van der Waals surface area (Å²) in [6.45, 7) is 6.62. The minimum Gasteiger partial charge on any atom is -0.409 e. The third-order valence-corrected chi connectivity index (χ3v) is 5.50. The van der Waals surface area contributed by atoms with E-state index in [0.717, 1.165) is 28.8 Å². The maximum absolute atomic E-state index is 8.97. The van der Waals surface area contributed by atoms with E-state index in [1.54, 1.807) is 0 Å². The molecule has 1 aromatic carbocycles. The van der Waals surface area contributed by atoms with E-state index in [1.807, 2.05) is 12.1 Å². The van der Waals surface area contributed by atoms with Crippen LogP contribution in [0.5, 0.6) is 0 Å². The first-order chi connectivity index (χ1) is 10.0. The standard InChI is InChI=1S/C16H24BrN3O/c1-3-16(4-2)7-9-20(10-8-16)14-11-12(17)5-6-13(14)15(18)19-21/h5-6,11,21H,3-4,7-10H2,1-2H3,(H2,18,19). The van der Waals surface area contributed by atoms with Crippen molar-refractivity contribution in [2.45, 2.75) is 39.5 Å². The molecule has 1 aliphatic rings. The molecule has 0 atom stereocenters. The van der Waals surface area contributed by atoms with Crippen LogP contribution >= 0.6 is 15.9 Å². The molecule has 2 rings (SSSR count). The van der Waals surface area contributed by atoms with E-state index in [4.69, 9.17) is 10.9 Å². The molecule has 1 aromatic rings. The predicted octanol–water partition coefficient (Wildman–Crippen LogP) is 3.95. The van der Waals surface area contributed by atoms with E-state index in [0.29, 0.717) is 5.41 Å². The van der Waals surface area contributed by atoms with E-state index in [2.05, 4.69) is 45.9 Å². The van der Waals surface area contributed by atoms with Crippen LogP contribution in [0.3, 0.4) is 0 Å². The smallest absolute Gasteiger partial charge is 0.172 e. The summed E-state index contributed by atoms with van der Waals surface area (Å²) in [5.74, 6) is 0.167. The van der Waals surface area contributed by atoms with Gasteiger partial charge in [-0.2, -0.15) is 0 Å². The highest BCUT2D eigenvalue weighted by Crippen LogP contribution is 2.40. The SMILES string of the molecule is CCC1(CC)CCN(c2cc(Br)ccc2/C(N)=N/O)CC1. The number of oxime groups is 1. The molecule has 0 aromatic heterocycles. The third kappa shape index (κ3) is 3.34. The molecule has 0 saturated carbocycles. The number of amidine groups is 1. The topological polar surface area (TPSA) is 61.8 Å². The highest BCUT2D eigenvalue weighted by atomic mass is 79.9. The fourth-order valence-electron chi connectivity index (χ4n) is 3.22. The summed E-state index contributed by atoms with van der Waals surface area (Å²) in [5.41, 5.74) is 8.14. The summed E-state index contributed by atoms with van der Waals surface area (Å²) in [5, 5.41) is 12.1. The quantitative estimate of drug-likeness (QED) is 0.372. The third-order valence-electron chi connectivity index (χ3n) is 5.01. The van der Waals surface area contributed by atoms with E-state index in [1.165, 1.54) is 25.7 Å². The summed E-state index contributed by atoms with van der Waals surface area (Å²) < 4.78 is 1.01. The van der Waals surface area contributed by atoms with Crippen LogP contribution < -0.4 is 10.6 Å². The van der Waals surface area contributed by atoms with Gasteiger partial charge in [-0.1, -0.05) is 47.8 Å². The number of piperidine rings is 1. The number of hydrogen-bond acceptors (Lipinski definition) is 3. The molecule has 1 saturated heterocycles. The van der Waals surface area contributed by atoms with Crippen molar-refractivity contribution < 1.29 is 5.21 Å². The lowest BCUT2D eigenvalue weighted by Gasteiger charge is -2.42. The van der Waals surface area contributed by atoms with Crippen LogP contribution in [0.2, 0.25) is 0 Å². The van der Waals surface area contributed by atoms with E-state index in [9.17, 15) is 0 Å². The number of nitrogens with zero attached hydrogens (tertiary/aromatic N) is 2. The highest BCUT2D eigenvalue weighted by molar-refractivity contribution is 9.10. The van der Waals surface area contributed by atoms with Gasteiger partial charge in [0.2, 0.25) is 0 Å². The molecule has 1 fully saturated rings. The highest BCUT2D eigenvalue weighted by Gasteiger charge is 2.32. The summed E-state index contributed by atoms with van der Waals surface area (Å²) in [6, 6.07) is 5.87. The summed E-state index contributed by atoms with van der Waals surface area (Å²) >= 11 is 3.51. The molecular formula is C16H24BrN3O. The molecule has 0 amide bonds. The van der Waals surface area contributed by atoms with E-state index >= 15 is 0 Å². The number of hydrogen-bond donors (Lipinski definition) is 2. The normalized spacial score (nSPS) is 18.8. The van der Waals surface area contributed by atoms with Crippen LogP contribution in [0, 0.1) is 5.41 Å². The van der Waals surface area contributed by atoms with Crippen molar-refractivity contribution in [3.63, 3.8) is 0 Å². The molecule has 0 radical (unpaired) electrons. The van der Waals surface area contributed by atoms with Gasteiger partial charge >= 0.3 is 0 Å². The van der Waals surface area contributed by atoms with Crippen LogP contribution in [0.15, 0.2) is 27.8 Å². The largest absolute Gasteiger partial charge is 0.409 e. The lowest BCUT2D eigenvalue weighted by atomic mass is 9.74. The van der Waals surface area contributed by atoms with Gasteiger partial charge < -0.3 is 15.8 Å². The van der Waals surface area contributed by atoms with Gasteiger partial charge in [0.1, 0.15) is 0 Å². The molecule has 0 spiro atoms. The Kier molecular flexibility index (Phi) is 5.14. The van der Waals surface area contributed by atoms with Crippen molar-refractivity contribution in [3.8, 4) is 0 Å². The zero-order chi connectivity index (χ0) is 15.5. The maximum Gasteiger partial charge on any atom is 0.172 e. The van der Waals surface area contributed by atoms with Crippen molar-refractivity contribution in [1.29, 1.82) is 0 Å². The molecule has 1 heterocycles. The van der Waals surface area contributed by atoms with Gasteiger partial charge in [0.15, 0.2) is 5.84 Å². The van der Waals surface area contributed by atoms with Crippen LogP contribution in [0.4, 0.5) is 5.69 Å². The number of halogens is 1. The number of anilines is 1. The molecule has 21 heavy (non-hydrogen) atoms. The number of rotatable bonds is 4. The fourth-order valence-corrected chi connectivity index (χ4v) is 3.56. The Labute approximate surface area is 135 Å². The molecule has 0 bridgehead atoms. The van der Waals surface area contributed by atoms with Gasteiger partial charge in [-0.05, 0) is 36.5 Å². The number of nitrogens with two attached hydrogens (primary N) is 1. The second kappa shape index (κ2) is 6.69. The average molecular weight is 354 g/mol. The van der Waals surface area contributed by atoms with Gasteiger partial charge in [-0.15, -0.1) is 0 Å². The Morgan fingerprint density at radius 1 is 1.33 bits per heavy atom. The minimum atomic E-state index is 0.167. The Hall–Kier alpha value is -1.23. The van der Waals surface area contributed by atoms with Crippen LogP contribution in [0.25, 0.3) is 0 Å². The zero-order valence-electron chi connectivity index (χ0n) is 12.8. The molecule has 4 nitrogen and oxygen atoms in total. The molecule has 0 unspecified atom stereocenters. The Bertz CT molecular complexity index is 516. The van der Waals surface area contributed by atoms with Gasteiger partial charge in [-0.3, -0.25) is 0 Å². The summed E-state index contributed by atoms with van der Waals surface area (Å²) in [6.07, 6.45) is 4.87. The second-order valence-electron chi connectivity index (χ2n) is 5.84. The Morgan fingerprint density at radius 2 is 1.95 bits per heavy atom. The molecular weight excluding hydrogens is 330 g/mol. The lowest BCUT2D eigenvalue weighted by Crippen LogP contribution is -2.40. The summed E-state index contributed by atoms with van der Waals surface area (Å²) in [4.78, 5) is 2.35. The second-order valence-corrected chi connectivity index (χ2v) is 6.76. The van der Waals surface area contributed by atoms with Gasteiger partial charge in [0.25, 0.3) is 0 Å². The summed E-state index contributed by atoms with van der Waals surface area (Å²) in [7, 11) is 0. The van der Waals surface area contributed by atoms with Crippen molar-refractivity contribution in [1.82, 2.24) is 0 Å². The van der Waals surface area contributed by atoms with Crippen LogP contribution in [0.1, 0.15) is 45.1 Å². The molecule has 5 heteroatoms. The number of benzene rings is 1. The van der Waals surface area contributed by atoms with Crippen molar-refractivity contribution in [3.05, 3.63) is 28.2 Å². The first-order valence-corrected chi connectivity index (χ1v) is 8.37. The van der Waals surface area contributed by atoms with Crippen LogP contribution in [-0.2, 0) is 0 Å². The first kappa shape index (κ1) is 16.1. The molecule has 3 N–H and O–H groups in total. The monoisotopic (exact) mass is 353 g/mol. The van der Waals surface area contributed by atoms with Crippen LogP contribution in [-0.4, -0.2) is 24.1 Å². The predicted molar refractivity (Wildman–Crippen MR) is 91.1 cm³/mol. The van der Waals surface area contributed by atoms with Gasteiger partial charge in [0, 0.05) is 28.8 Å². The minimum absolute atomic E-state index is 0.167. The Balaban J connectivity index is 2.26. The van der Waals surface area contributed by atoms with Crippen molar-refractivity contribution >= 4 is 27.5 Å². The fraction of sp³-hybridized carbons (Fsp3) is 0.562. The molecule has 116 valence electrons. The Morgan fingerprint density at radius 3 is 2.48 bits per heavy atom. The van der Waals surface area contributed by atoms with Crippen molar-refractivity contribution in [2.75, 3.05) is 18.0 Å². The van der Waals surface area contributed by atoms with E-state index in [-0.39, 0.29) is 5.84 Å². The molecule has 0 aliphatic carbocycles. The zero-order valence-corrected chi connectivity index (χ0v) is 14.4. The first-order valence-electron chi connectivity index (χ1n) is 7.57. The average Bonchev–Trinajstić information content (AvgIpc) is 2.54. The van der Waals surface area contributed by atoms with Gasteiger partial charge in [0.05, 0.1) is 0 Å². The lowest BCUT2D eigenvalue weighted by molar-refractivity contribution is 0.199. The van der Waals surface area contributed by atoms with Crippen molar-refractivity contribution in [2.24, 2.45) is 16.3 Å². The molecule has 1 aliphatic heterocycles.